The van der Waals surface area contributed by atoms with Gasteiger partial charge in [-0.3, -0.25) is 9.59 Å². The number of fused-ring (bicyclic) bond motifs is 1. The van der Waals surface area contributed by atoms with Gasteiger partial charge in [-0.05, 0) is 11.6 Å². The van der Waals surface area contributed by atoms with Gasteiger partial charge in [0.05, 0.1) is 0 Å². The molecule has 0 bridgehead atoms. The summed E-state index contributed by atoms with van der Waals surface area (Å²) in [5.74, 6) is -0.877. The van der Waals surface area contributed by atoms with Gasteiger partial charge in [-0.2, -0.15) is 0 Å². The maximum absolute atomic E-state index is 11.7. The molecule has 0 fully saturated rings. The van der Waals surface area contributed by atoms with Gasteiger partial charge in [0, 0.05) is 29.4 Å². The number of carbonyl (C=O) groups excluding carboxylic acids is 2. The van der Waals surface area contributed by atoms with E-state index in [1.54, 1.807) is 13.8 Å². The number of para-hydroxylation sites is 1. The minimum absolute atomic E-state index is 0.173. The molecular weight excluding hydrogens is 254 g/mol. The van der Waals surface area contributed by atoms with Crippen molar-refractivity contribution in [3.63, 3.8) is 0 Å². The van der Waals surface area contributed by atoms with E-state index < -0.39 is 11.9 Å². The third-order valence-corrected chi connectivity index (χ3v) is 3.28. The molecule has 0 saturated heterocycles. The summed E-state index contributed by atoms with van der Waals surface area (Å²) in [4.78, 5) is 26.4. The number of carbonyl (C=O) groups is 2. The Bertz CT molecular complexity index is 631. The van der Waals surface area contributed by atoms with Crippen LogP contribution >= 0.6 is 0 Å². The molecule has 4 N–H and O–H groups in total. The Kier molecular flexibility index (Phi) is 4.08. The molecule has 0 spiro atoms. The lowest BCUT2D eigenvalue weighted by Gasteiger charge is -2.16. The van der Waals surface area contributed by atoms with E-state index in [1.807, 2.05) is 30.5 Å². The van der Waals surface area contributed by atoms with Gasteiger partial charge in [0.15, 0.2) is 0 Å². The molecule has 0 aliphatic heterocycles. The monoisotopic (exact) mass is 273 g/mol. The van der Waals surface area contributed by atoms with E-state index in [0.29, 0.717) is 6.42 Å². The lowest BCUT2D eigenvalue weighted by Crippen LogP contribution is -2.47. The number of nitrogens with one attached hydrogen (secondary N) is 2. The molecule has 2 rings (SSSR count). The van der Waals surface area contributed by atoms with E-state index in [4.69, 9.17) is 5.73 Å². The second-order valence-electron chi connectivity index (χ2n) is 5.18. The first-order valence-electron chi connectivity index (χ1n) is 6.63. The molecule has 0 radical (unpaired) electrons. The molecule has 2 aromatic rings. The van der Waals surface area contributed by atoms with Crippen molar-refractivity contribution in [1.29, 1.82) is 0 Å². The first kappa shape index (κ1) is 14.1. The van der Waals surface area contributed by atoms with Crippen LogP contribution in [0.3, 0.4) is 0 Å². The molecule has 20 heavy (non-hydrogen) atoms. The van der Waals surface area contributed by atoms with Crippen LogP contribution in [0.4, 0.5) is 0 Å². The number of aromatic nitrogens is 1. The zero-order chi connectivity index (χ0) is 14.7. The predicted molar refractivity (Wildman–Crippen MR) is 78.0 cm³/mol. The van der Waals surface area contributed by atoms with E-state index in [1.165, 1.54) is 0 Å². The molecular formula is C15H19N3O2. The number of benzene rings is 1. The molecule has 0 unspecified atom stereocenters. The average molecular weight is 273 g/mol. The Labute approximate surface area is 117 Å². The molecule has 1 heterocycles. The summed E-state index contributed by atoms with van der Waals surface area (Å²) >= 11 is 0. The van der Waals surface area contributed by atoms with E-state index in [9.17, 15) is 9.59 Å². The van der Waals surface area contributed by atoms with Crippen molar-refractivity contribution in [3.8, 4) is 0 Å². The van der Waals surface area contributed by atoms with Gasteiger partial charge in [0.2, 0.25) is 11.8 Å². The van der Waals surface area contributed by atoms with Crippen LogP contribution in [0.2, 0.25) is 0 Å². The number of hydrogen-bond donors (Lipinski definition) is 3. The average Bonchev–Trinajstić information content (AvgIpc) is 2.81. The number of nitrogens with two attached hydrogens (primary N) is 1. The summed E-state index contributed by atoms with van der Waals surface area (Å²) in [6.45, 7) is 3.55. The molecule has 5 nitrogen and oxygen atoms in total. The van der Waals surface area contributed by atoms with Gasteiger partial charge in [-0.25, -0.2) is 0 Å². The van der Waals surface area contributed by atoms with Crippen LogP contribution in [-0.2, 0) is 16.0 Å². The summed E-state index contributed by atoms with van der Waals surface area (Å²) < 4.78 is 0. The van der Waals surface area contributed by atoms with Gasteiger partial charge in [0.25, 0.3) is 0 Å². The van der Waals surface area contributed by atoms with Crippen LogP contribution in [-0.4, -0.2) is 22.8 Å². The first-order valence-corrected chi connectivity index (χ1v) is 6.63. The van der Waals surface area contributed by atoms with Gasteiger partial charge in [0.1, 0.15) is 6.04 Å². The lowest BCUT2D eigenvalue weighted by molar-refractivity contribution is -0.129. The third-order valence-electron chi connectivity index (χ3n) is 3.28. The first-order chi connectivity index (χ1) is 9.49. The smallest absolute Gasteiger partial charge is 0.240 e. The fourth-order valence-corrected chi connectivity index (χ4v) is 2.08. The van der Waals surface area contributed by atoms with E-state index in [0.717, 1.165) is 16.5 Å². The third kappa shape index (κ3) is 2.99. The minimum Gasteiger partial charge on any atom is -0.368 e. The van der Waals surface area contributed by atoms with E-state index in [2.05, 4.69) is 10.3 Å². The van der Waals surface area contributed by atoms with Gasteiger partial charge in [-0.1, -0.05) is 32.0 Å². The Morgan fingerprint density at radius 2 is 2.00 bits per heavy atom. The Hall–Kier alpha value is -2.30. The summed E-state index contributed by atoms with van der Waals surface area (Å²) in [7, 11) is 0. The van der Waals surface area contributed by atoms with Crippen LogP contribution in [0.1, 0.15) is 19.4 Å². The van der Waals surface area contributed by atoms with E-state index >= 15 is 0 Å². The molecule has 2 amide bonds. The highest BCUT2D eigenvalue weighted by Crippen LogP contribution is 2.19. The van der Waals surface area contributed by atoms with Crippen molar-refractivity contribution in [2.75, 3.05) is 0 Å². The summed E-state index contributed by atoms with van der Waals surface area (Å²) in [6.07, 6.45) is 2.24. The Morgan fingerprint density at radius 3 is 2.65 bits per heavy atom. The highest BCUT2D eigenvalue weighted by atomic mass is 16.2. The van der Waals surface area contributed by atoms with Crippen molar-refractivity contribution >= 4 is 22.7 Å². The van der Waals surface area contributed by atoms with Gasteiger partial charge < -0.3 is 16.0 Å². The van der Waals surface area contributed by atoms with Crippen molar-refractivity contribution in [2.24, 2.45) is 11.7 Å². The van der Waals surface area contributed by atoms with Crippen molar-refractivity contribution < 1.29 is 9.59 Å². The number of H-pyrrole nitrogens is 1. The quantitative estimate of drug-likeness (QED) is 0.767. The Balaban J connectivity index is 2.20. The van der Waals surface area contributed by atoms with Crippen LogP contribution in [0, 0.1) is 5.92 Å². The standard InChI is InChI=1S/C15H19N3O2/c1-9(2)15(20)18-13(14(16)19)7-10-8-17-12-6-4-3-5-11(10)12/h3-6,8-9,13,17H,7H2,1-2H3,(H2,16,19)(H,18,20)/t13-/m1/s1. The molecule has 106 valence electrons. The van der Waals surface area contributed by atoms with Crippen LogP contribution in [0.15, 0.2) is 30.5 Å². The number of hydrogen-bond acceptors (Lipinski definition) is 2. The highest BCUT2D eigenvalue weighted by molar-refractivity contribution is 5.89. The fourth-order valence-electron chi connectivity index (χ4n) is 2.08. The molecule has 1 atom stereocenters. The van der Waals surface area contributed by atoms with Gasteiger partial charge in [-0.15, -0.1) is 0 Å². The van der Waals surface area contributed by atoms with Crippen LogP contribution < -0.4 is 11.1 Å². The zero-order valence-corrected chi connectivity index (χ0v) is 11.6. The molecule has 5 heteroatoms. The van der Waals surface area contributed by atoms with Crippen molar-refractivity contribution in [2.45, 2.75) is 26.3 Å². The zero-order valence-electron chi connectivity index (χ0n) is 11.6. The fraction of sp³-hybridized carbons (Fsp3) is 0.333. The topological polar surface area (TPSA) is 88.0 Å². The number of aromatic amines is 1. The molecule has 1 aromatic carbocycles. The SMILES string of the molecule is CC(C)C(=O)N[C@H](Cc1c[nH]c2ccccc12)C(N)=O. The Morgan fingerprint density at radius 1 is 1.30 bits per heavy atom. The van der Waals surface area contributed by atoms with Crippen LogP contribution in [0.5, 0.6) is 0 Å². The summed E-state index contributed by atoms with van der Waals surface area (Å²) in [5.41, 5.74) is 7.35. The summed E-state index contributed by atoms with van der Waals surface area (Å²) in [6, 6.07) is 7.12. The number of primary amides is 1. The van der Waals surface area contributed by atoms with E-state index in [-0.39, 0.29) is 11.8 Å². The molecule has 0 aliphatic carbocycles. The number of amides is 2. The summed E-state index contributed by atoms with van der Waals surface area (Å²) in [5, 5.41) is 3.73. The van der Waals surface area contributed by atoms with Crippen molar-refractivity contribution in [3.05, 3.63) is 36.0 Å². The van der Waals surface area contributed by atoms with Crippen molar-refractivity contribution in [1.82, 2.24) is 10.3 Å². The maximum atomic E-state index is 11.7. The van der Waals surface area contributed by atoms with Gasteiger partial charge >= 0.3 is 0 Å². The maximum Gasteiger partial charge on any atom is 0.240 e. The highest BCUT2D eigenvalue weighted by Gasteiger charge is 2.21. The molecule has 0 saturated carbocycles. The largest absolute Gasteiger partial charge is 0.368 e. The van der Waals surface area contributed by atoms with Crippen LogP contribution in [0.25, 0.3) is 10.9 Å². The lowest BCUT2D eigenvalue weighted by atomic mass is 10.0. The second kappa shape index (κ2) is 5.77. The predicted octanol–water partition coefficient (Wildman–Crippen LogP) is 1.34. The number of rotatable bonds is 5. The normalized spacial score (nSPS) is 12.6. The second-order valence-corrected chi connectivity index (χ2v) is 5.18. The molecule has 0 aliphatic rings. The molecule has 1 aromatic heterocycles. The minimum atomic E-state index is -0.691.